The summed E-state index contributed by atoms with van der Waals surface area (Å²) in [6.45, 7) is 1.66. The Labute approximate surface area is 111 Å². The third-order valence-corrected chi connectivity index (χ3v) is 4.22. The Balaban J connectivity index is 1.96. The van der Waals surface area contributed by atoms with Crippen LogP contribution < -0.4 is 5.48 Å². The third-order valence-electron chi connectivity index (χ3n) is 4.22. The first-order valence-electron chi connectivity index (χ1n) is 6.69. The first-order valence-corrected chi connectivity index (χ1v) is 6.69. The number of piperidine rings is 1. The molecule has 3 rings (SSSR count). The minimum atomic E-state index is -0.659. The van der Waals surface area contributed by atoms with Gasteiger partial charge in [0, 0.05) is 23.7 Å². The van der Waals surface area contributed by atoms with Crippen molar-refractivity contribution in [3.8, 4) is 0 Å². The van der Waals surface area contributed by atoms with Crippen molar-refractivity contribution in [1.82, 2.24) is 10.4 Å². The van der Waals surface area contributed by atoms with Gasteiger partial charge in [-0.15, -0.1) is 0 Å². The van der Waals surface area contributed by atoms with Gasteiger partial charge in [-0.1, -0.05) is 6.42 Å². The van der Waals surface area contributed by atoms with E-state index in [9.17, 15) is 9.18 Å². The van der Waals surface area contributed by atoms with Crippen molar-refractivity contribution in [2.45, 2.75) is 38.3 Å². The number of rotatable bonds is 1. The molecule has 1 atom stereocenters. The Morgan fingerprint density at radius 3 is 3.05 bits per heavy atom. The summed E-state index contributed by atoms with van der Waals surface area (Å²) >= 11 is 0. The fourth-order valence-electron chi connectivity index (χ4n) is 3.20. The van der Waals surface area contributed by atoms with Crippen molar-refractivity contribution in [1.29, 1.82) is 0 Å². The number of hydrogen-bond acceptors (Lipinski definition) is 3. The molecule has 1 saturated heterocycles. The largest absolute Gasteiger partial charge is 0.296 e. The zero-order valence-electron chi connectivity index (χ0n) is 10.7. The Hall–Kier alpha value is -1.46. The molecule has 0 bridgehead atoms. The molecule has 1 amide bonds. The van der Waals surface area contributed by atoms with Crippen LogP contribution in [-0.4, -0.2) is 28.6 Å². The van der Waals surface area contributed by atoms with Gasteiger partial charge in [-0.2, -0.15) is 0 Å². The molecule has 0 unspecified atom stereocenters. The fourth-order valence-corrected chi connectivity index (χ4v) is 3.20. The van der Waals surface area contributed by atoms with Gasteiger partial charge in [-0.3, -0.25) is 14.9 Å². The van der Waals surface area contributed by atoms with Gasteiger partial charge in [-0.05, 0) is 43.5 Å². The molecule has 0 aliphatic carbocycles. The maximum atomic E-state index is 14.1. The average Bonchev–Trinajstić information content (AvgIpc) is 2.44. The van der Waals surface area contributed by atoms with E-state index in [1.54, 1.807) is 11.5 Å². The van der Waals surface area contributed by atoms with Crippen LogP contribution >= 0.6 is 0 Å². The lowest BCUT2D eigenvalue weighted by molar-refractivity contribution is 0.0705. The van der Waals surface area contributed by atoms with E-state index in [1.807, 2.05) is 0 Å². The van der Waals surface area contributed by atoms with Crippen molar-refractivity contribution in [2.75, 3.05) is 6.54 Å². The highest BCUT2D eigenvalue weighted by Gasteiger charge is 2.30. The fraction of sp³-hybridized carbons (Fsp3) is 0.500. The van der Waals surface area contributed by atoms with Crippen LogP contribution in [-0.2, 0) is 13.0 Å². The van der Waals surface area contributed by atoms with E-state index in [0.29, 0.717) is 18.2 Å². The highest BCUT2D eigenvalue weighted by Crippen LogP contribution is 2.31. The lowest BCUT2D eigenvalue weighted by Gasteiger charge is -2.40. The summed E-state index contributed by atoms with van der Waals surface area (Å²) < 4.78 is 14.1. The van der Waals surface area contributed by atoms with E-state index in [4.69, 9.17) is 5.21 Å². The Morgan fingerprint density at radius 2 is 2.26 bits per heavy atom. The molecule has 1 aromatic rings. The highest BCUT2D eigenvalue weighted by atomic mass is 19.1. The molecule has 1 fully saturated rings. The molecule has 2 aliphatic heterocycles. The number of fused-ring (bicyclic) bond motifs is 2. The number of benzene rings is 1. The molecule has 0 radical (unpaired) electrons. The van der Waals surface area contributed by atoms with Crippen LogP contribution in [0.25, 0.3) is 0 Å². The van der Waals surface area contributed by atoms with Crippen LogP contribution in [0.1, 0.15) is 40.7 Å². The lowest BCUT2D eigenvalue weighted by atomic mass is 9.87. The second kappa shape index (κ2) is 4.90. The van der Waals surface area contributed by atoms with Crippen molar-refractivity contribution in [3.05, 3.63) is 34.6 Å². The van der Waals surface area contributed by atoms with E-state index in [0.717, 1.165) is 24.9 Å². The van der Waals surface area contributed by atoms with E-state index >= 15 is 0 Å². The molecular weight excluding hydrogens is 247 g/mol. The number of nitrogens with one attached hydrogen (secondary N) is 1. The molecule has 19 heavy (non-hydrogen) atoms. The maximum Gasteiger partial charge on any atom is 0.274 e. The van der Waals surface area contributed by atoms with Crippen LogP contribution in [0.2, 0.25) is 0 Å². The van der Waals surface area contributed by atoms with Gasteiger partial charge in [0.2, 0.25) is 0 Å². The first kappa shape index (κ1) is 12.6. The first-order chi connectivity index (χ1) is 9.19. The Morgan fingerprint density at radius 1 is 1.42 bits per heavy atom. The molecule has 2 heterocycles. The van der Waals surface area contributed by atoms with E-state index < -0.39 is 5.91 Å². The van der Waals surface area contributed by atoms with E-state index in [1.165, 1.54) is 18.9 Å². The predicted molar refractivity (Wildman–Crippen MR) is 67.4 cm³/mol. The number of nitrogens with zero attached hydrogens (tertiary/aromatic N) is 1. The summed E-state index contributed by atoms with van der Waals surface area (Å²) in [6.07, 6.45) is 4.32. The van der Waals surface area contributed by atoms with Crippen LogP contribution in [0, 0.1) is 5.82 Å². The number of hydrogen-bond donors (Lipinski definition) is 2. The number of carbonyl (C=O) groups is 1. The molecule has 0 saturated carbocycles. The average molecular weight is 264 g/mol. The van der Waals surface area contributed by atoms with Crippen molar-refractivity contribution >= 4 is 5.91 Å². The molecule has 4 nitrogen and oxygen atoms in total. The second-order valence-corrected chi connectivity index (χ2v) is 5.36. The standard InChI is InChI=1S/C14H17FN2O2/c15-13-7-10(14(18)16-19)5-9-6-11-3-1-2-4-17(11)8-12(9)13/h5,7,11,19H,1-4,6,8H2,(H,16,18)/t11-/m1/s1. The van der Waals surface area contributed by atoms with Crippen LogP contribution in [0.4, 0.5) is 4.39 Å². The molecule has 5 heteroatoms. The lowest BCUT2D eigenvalue weighted by Crippen LogP contribution is -2.44. The highest BCUT2D eigenvalue weighted by molar-refractivity contribution is 5.93. The summed E-state index contributed by atoms with van der Waals surface area (Å²) in [6, 6.07) is 3.37. The van der Waals surface area contributed by atoms with Gasteiger partial charge in [0.15, 0.2) is 0 Å². The van der Waals surface area contributed by atoms with Gasteiger partial charge in [0.1, 0.15) is 5.82 Å². The second-order valence-electron chi connectivity index (χ2n) is 5.36. The normalized spacial score (nSPS) is 22.5. The van der Waals surface area contributed by atoms with Crippen LogP contribution in [0.5, 0.6) is 0 Å². The zero-order chi connectivity index (χ0) is 13.4. The number of carbonyl (C=O) groups excluding carboxylic acids is 1. The van der Waals surface area contributed by atoms with Gasteiger partial charge in [-0.25, -0.2) is 9.87 Å². The van der Waals surface area contributed by atoms with E-state index in [-0.39, 0.29) is 11.4 Å². The molecule has 2 N–H and O–H groups in total. The van der Waals surface area contributed by atoms with Gasteiger partial charge < -0.3 is 0 Å². The number of amides is 1. The number of halogens is 1. The van der Waals surface area contributed by atoms with Crippen LogP contribution in [0.15, 0.2) is 12.1 Å². The van der Waals surface area contributed by atoms with Gasteiger partial charge in [0.25, 0.3) is 5.91 Å². The van der Waals surface area contributed by atoms with Crippen LogP contribution in [0.3, 0.4) is 0 Å². The molecular formula is C14H17FN2O2. The van der Waals surface area contributed by atoms with Crippen molar-refractivity contribution < 1.29 is 14.4 Å². The van der Waals surface area contributed by atoms with Gasteiger partial charge >= 0.3 is 0 Å². The molecule has 0 spiro atoms. The summed E-state index contributed by atoms with van der Waals surface area (Å²) in [5.41, 5.74) is 3.34. The summed E-state index contributed by atoms with van der Waals surface area (Å²) in [5.74, 6) is -1.01. The topological polar surface area (TPSA) is 52.6 Å². The molecule has 1 aromatic carbocycles. The summed E-state index contributed by atoms with van der Waals surface area (Å²) in [7, 11) is 0. The quantitative estimate of drug-likeness (QED) is 0.601. The minimum absolute atomic E-state index is 0.183. The van der Waals surface area contributed by atoms with Gasteiger partial charge in [0.05, 0.1) is 0 Å². The minimum Gasteiger partial charge on any atom is -0.296 e. The molecule has 2 aliphatic rings. The van der Waals surface area contributed by atoms with Crippen molar-refractivity contribution in [3.63, 3.8) is 0 Å². The number of hydroxylamine groups is 1. The zero-order valence-corrected chi connectivity index (χ0v) is 10.7. The smallest absolute Gasteiger partial charge is 0.274 e. The Bertz CT molecular complexity index is 518. The molecule has 0 aromatic heterocycles. The summed E-state index contributed by atoms with van der Waals surface area (Å²) in [4.78, 5) is 13.7. The Kier molecular flexibility index (Phi) is 3.24. The summed E-state index contributed by atoms with van der Waals surface area (Å²) in [5, 5.41) is 8.64. The maximum absolute atomic E-state index is 14.1. The predicted octanol–water partition coefficient (Wildman–Crippen LogP) is 1.86. The third kappa shape index (κ3) is 2.24. The van der Waals surface area contributed by atoms with E-state index in [2.05, 4.69) is 4.90 Å². The van der Waals surface area contributed by atoms with Crippen molar-refractivity contribution in [2.24, 2.45) is 0 Å². The molecule has 102 valence electrons. The SMILES string of the molecule is O=C(NO)c1cc(F)c2c(c1)C[C@H]1CCCCN1C2. The monoisotopic (exact) mass is 264 g/mol.